The summed E-state index contributed by atoms with van der Waals surface area (Å²) in [6, 6.07) is 0. The number of carbonyl (C=O) groups excluding carboxylic acids is 1. The zero-order valence-corrected chi connectivity index (χ0v) is 6.26. The number of oxazole rings is 1. The topological polar surface area (TPSA) is 110 Å². The molecule has 2 N–H and O–H groups in total. The van der Waals surface area contributed by atoms with Crippen molar-refractivity contribution < 1.29 is 9.21 Å². The molecule has 1 amide bonds. The van der Waals surface area contributed by atoms with Crippen LogP contribution in [0.2, 0.25) is 0 Å². The van der Waals surface area contributed by atoms with Crippen LogP contribution in [0.4, 0.5) is 5.95 Å². The van der Waals surface area contributed by atoms with Crippen LogP contribution in [-0.4, -0.2) is 31.5 Å². The Labute approximate surface area is 71.4 Å². The summed E-state index contributed by atoms with van der Waals surface area (Å²) in [6.07, 6.45) is 2.44. The van der Waals surface area contributed by atoms with E-state index in [9.17, 15) is 4.79 Å². The molecule has 8 nitrogen and oxygen atoms in total. The second-order valence-electron chi connectivity index (χ2n) is 2.06. The number of nitrogens with one attached hydrogen (secondary N) is 2. The molecule has 0 aromatic carbocycles. The molecule has 0 atom stereocenters. The molecule has 0 unspecified atom stereocenters. The van der Waals surface area contributed by atoms with E-state index in [2.05, 4.69) is 30.9 Å². The largest absolute Gasteiger partial charge is 0.438 e. The van der Waals surface area contributed by atoms with Gasteiger partial charge in [-0.1, -0.05) is 5.10 Å². The van der Waals surface area contributed by atoms with Gasteiger partial charge in [-0.15, -0.1) is 5.10 Å². The summed E-state index contributed by atoms with van der Waals surface area (Å²) in [4.78, 5) is 14.8. The van der Waals surface area contributed by atoms with E-state index in [1.54, 1.807) is 0 Å². The van der Waals surface area contributed by atoms with Crippen LogP contribution in [0.1, 0.15) is 10.6 Å². The molecular formula is C5H4N6O2. The number of amides is 1. The molecule has 66 valence electrons. The Morgan fingerprint density at radius 2 is 2.54 bits per heavy atom. The standard InChI is InChI=1S/C5H4N6O2/c12-4(3-1-6-2-13-3)7-5-8-10-11-9-5/h1-2H,(H2,7,8,9,10,11,12). The van der Waals surface area contributed by atoms with Crippen LogP contribution in [0, 0.1) is 0 Å². The average Bonchev–Trinajstić information content (AvgIpc) is 2.74. The molecule has 2 heterocycles. The minimum atomic E-state index is -0.473. The second-order valence-corrected chi connectivity index (χ2v) is 2.06. The van der Waals surface area contributed by atoms with Crippen molar-refractivity contribution in [2.75, 3.05) is 5.32 Å². The molecule has 0 aliphatic heterocycles. The van der Waals surface area contributed by atoms with Gasteiger partial charge in [-0.25, -0.2) is 4.98 Å². The van der Waals surface area contributed by atoms with Crippen molar-refractivity contribution in [1.29, 1.82) is 0 Å². The molecule has 13 heavy (non-hydrogen) atoms. The van der Waals surface area contributed by atoms with Crippen molar-refractivity contribution in [3.8, 4) is 0 Å². The van der Waals surface area contributed by atoms with Gasteiger partial charge in [0.2, 0.25) is 5.76 Å². The van der Waals surface area contributed by atoms with Gasteiger partial charge in [-0.2, -0.15) is 5.21 Å². The van der Waals surface area contributed by atoms with Crippen LogP contribution in [0.5, 0.6) is 0 Å². The van der Waals surface area contributed by atoms with Crippen LogP contribution in [0.25, 0.3) is 0 Å². The van der Waals surface area contributed by atoms with Crippen molar-refractivity contribution in [3.63, 3.8) is 0 Å². The first-order chi connectivity index (χ1) is 6.36. The van der Waals surface area contributed by atoms with Gasteiger partial charge in [-0.3, -0.25) is 10.1 Å². The number of carbonyl (C=O) groups is 1. The molecule has 0 aliphatic rings. The van der Waals surface area contributed by atoms with Gasteiger partial charge in [0.25, 0.3) is 11.9 Å². The number of hydrogen-bond acceptors (Lipinski definition) is 6. The molecule has 2 aromatic rings. The van der Waals surface area contributed by atoms with E-state index in [1.807, 2.05) is 0 Å². The number of rotatable bonds is 2. The first-order valence-corrected chi connectivity index (χ1v) is 3.29. The second kappa shape index (κ2) is 3.01. The summed E-state index contributed by atoms with van der Waals surface area (Å²) in [7, 11) is 0. The molecule has 2 rings (SSSR count). The van der Waals surface area contributed by atoms with Crippen LogP contribution in [0.15, 0.2) is 17.0 Å². The van der Waals surface area contributed by atoms with Crippen LogP contribution >= 0.6 is 0 Å². The van der Waals surface area contributed by atoms with Crippen LogP contribution in [0.3, 0.4) is 0 Å². The average molecular weight is 180 g/mol. The Morgan fingerprint density at radius 3 is 3.15 bits per heavy atom. The quantitative estimate of drug-likeness (QED) is 0.640. The van der Waals surface area contributed by atoms with Gasteiger partial charge < -0.3 is 4.42 Å². The summed E-state index contributed by atoms with van der Waals surface area (Å²) in [5, 5.41) is 14.8. The Hall–Kier alpha value is -2.25. The predicted octanol–water partition coefficient (Wildman–Crippen LogP) is -0.560. The van der Waals surface area contributed by atoms with Crippen molar-refractivity contribution in [2.45, 2.75) is 0 Å². The van der Waals surface area contributed by atoms with Gasteiger partial charge in [-0.05, 0) is 5.21 Å². The normalized spacial score (nSPS) is 9.85. The highest BCUT2D eigenvalue weighted by Gasteiger charge is 2.10. The van der Waals surface area contributed by atoms with Gasteiger partial charge >= 0.3 is 0 Å². The Morgan fingerprint density at radius 1 is 1.62 bits per heavy atom. The fourth-order valence-electron chi connectivity index (χ4n) is 0.706. The van der Waals surface area contributed by atoms with Gasteiger partial charge in [0.05, 0.1) is 6.20 Å². The molecular weight excluding hydrogens is 176 g/mol. The minimum Gasteiger partial charge on any atom is -0.438 e. The van der Waals surface area contributed by atoms with Gasteiger partial charge in [0.15, 0.2) is 6.39 Å². The minimum absolute atomic E-state index is 0.0846. The maximum absolute atomic E-state index is 11.2. The fourth-order valence-corrected chi connectivity index (χ4v) is 0.706. The van der Waals surface area contributed by atoms with Gasteiger partial charge in [0, 0.05) is 0 Å². The number of nitrogens with zero attached hydrogens (tertiary/aromatic N) is 4. The molecule has 0 aliphatic carbocycles. The van der Waals surface area contributed by atoms with E-state index in [0.29, 0.717) is 0 Å². The zero-order chi connectivity index (χ0) is 9.10. The predicted molar refractivity (Wildman–Crippen MR) is 38.6 cm³/mol. The molecule has 0 bridgehead atoms. The van der Waals surface area contributed by atoms with E-state index in [1.165, 1.54) is 6.20 Å². The smallest absolute Gasteiger partial charge is 0.295 e. The number of aromatic nitrogens is 5. The Kier molecular flexibility index (Phi) is 1.71. The molecule has 2 aromatic heterocycles. The third-order valence-electron chi connectivity index (χ3n) is 1.23. The van der Waals surface area contributed by atoms with Crippen LogP contribution in [-0.2, 0) is 0 Å². The molecule has 8 heteroatoms. The molecule has 0 saturated carbocycles. The highest BCUT2D eigenvalue weighted by molar-refractivity contribution is 6.00. The number of hydrogen-bond donors (Lipinski definition) is 2. The fraction of sp³-hybridized carbons (Fsp3) is 0. The zero-order valence-electron chi connectivity index (χ0n) is 6.26. The number of aromatic amines is 1. The van der Waals surface area contributed by atoms with Crippen molar-refractivity contribution in [2.24, 2.45) is 0 Å². The third kappa shape index (κ3) is 1.50. The maximum Gasteiger partial charge on any atom is 0.295 e. The lowest BCUT2D eigenvalue weighted by atomic mass is 10.5. The van der Waals surface area contributed by atoms with E-state index >= 15 is 0 Å². The third-order valence-corrected chi connectivity index (χ3v) is 1.23. The highest BCUT2D eigenvalue weighted by atomic mass is 16.3. The van der Waals surface area contributed by atoms with Crippen molar-refractivity contribution in [3.05, 3.63) is 18.4 Å². The summed E-state index contributed by atoms with van der Waals surface area (Å²) in [6.45, 7) is 0. The van der Waals surface area contributed by atoms with Crippen molar-refractivity contribution >= 4 is 11.9 Å². The summed E-state index contributed by atoms with van der Waals surface area (Å²) in [5.74, 6) is -0.301. The Bertz CT molecular complexity index is 379. The first kappa shape index (κ1) is 7.40. The van der Waals surface area contributed by atoms with Gasteiger partial charge in [0.1, 0.15) is 0 Å². The summed E-state index contributed by atoms with van der Waals surface area (Å²) < 4.78 is 4.73. The first-order valence-electron chi connectivity index (χ1n) is 3.29. The SMILES string of the molecule is O=C(Nc1nn[nH]n1)c1cnco1. The van der Waals surface area contributed by atoms with E-state index in [-0.39, 0.29) is 11.7 Å². The number of H-pyrrole nitrogens is 1. The number of tetrazole rings is 1. The highest BCUT2D eigenvalue weighted by Crippen LogP contribution is 2.00. The van der Waals surface area contributed by atoms with E-state index < -0.39 is 5.91 Å². The molecule has 0 fully saturated rings. The lowest BCUT2D eigenvalue weighted by molar-refractivity contribution is 0.0996. The van der Waals surface area contributed by atoms with Crippen molar-refractivity contribution in [1.82, 2.24) is 25.6 Å². The summed E-state index contributed by atoms with van der Waals surface area (Å²) >= 11 is 0. The lowest BCUT2D eigenvalue weighted by Gasteiger charge is -1.93. The molecule has 0 saturated heterocycles. The van der Waals surface area contributed by atoms with Crippen LogP contribution < -0.4 is 5.32 Å². The van der Waals surface area contributed by atoms with E-state index in [4.69, 9.17) is 4.42 Å². The maximum atomic E-state index is 11.2. The lowest BCUT2D eigenvalue weighted by Crippen LogP contribution is -2.12. The summed E-state index contributed by atoms with van der Waals surface area (Å²) in [5.41, 5.74) is 0. The monoisotopic (exact) mass is 180 g/mol. The molecule has 0 radical (unpaired) electrons. The Balaban J connectivity index is 2.08. The molecule has 0 spiro atoms. The van der Waals surface area contributed by atoms with E-state index in [0.717, 1.165) is 6.39 Å². The number of anilines is 1.